The fourth-order valence-electron chi connectivity index (χ4n) is 3.22. The van der Waals surface area contributed by atoms with Crippen LogP contribution in [0.3, 0.4) is 0 Å². The van der Waals surface area contributed by atoms with E-state index in [1.165, 1.54) is 5.56 Å². The Bertz CT molecular complexity index is 839. The van der Waals surface area contributed by atoms with Crippen LogP contribution in [0.5, 0.6) is 11.5 Å². The SMILES string of the molecule is CN1CCN(Cc2ccccc2Oc2cccc(-n3cccn3)c2)CC1. The quantitative estimate of drug-likeness (QED) is 0.707. The Balaban J connectivity index is 1.51. The van der Waals surface area contributed by atoms with E-state index in [2.05, 4.69) is 34.1 Å². The molecule has 2 aromatic carbocycles. The summed E-state index contributed by atoms with van der Waals surface area (Å²) in [5.41, 5.74) is 2.21. The fourth-order valence-corrected chi connectivity index (χ4v) is 3.22. The topological polar surface area (TPSA) is 33.5 Å². The molecule has 1 aliphatic rings. The molecule has 0 saturated carbocycles. The summed E-state index contributed by atoms with van der Waals surface area (Å²) in [6.07, 6.45) is 3.71. The van der Waals surface area contributed by atoms with Crippen molar-refractivity contribution in [1.82, 2.24) is 19.6 Å². The molecule has 5 nitrogen and oxygen atoms in total. The van der Waals surface area contributed by atoms with E-state index in [1.807, 2.05) is 53.3 Å². The molecule has 134 valence electrons. The minimum atomic E-state index is 0.823. The molecular weight excluding hydrogens is 324 g/mol. The average Bonchev–Trinajstić information content (AvgIpc) is 3.20. The van der Waals surface area contributed by atoms with Gasteiger partial charge in [0.25, 0.3) is 0 Å². The van der Waals surface area contributed by atoms with Crippen molar-refractivity contribution in [2.45, 2.75) is 6.54 Å². The van der Waals surface area contributed by atoms with E-state index in [1.54, 1.807) is 6.20 Å². The van der Waals surface area contributed by atoms with Crippen LogP contribution in [-0.2, 0) is 6.54 Å². The fraction of sp³-hybridized carbons (Fsp3) is 0.286. The van der Waals surface area contributed by atoms with Crippen molar-refractivity contribution in [2.24, 2.45) is 0 Å². The molecule has 2 heterocycles. The third-order valence-corrected chi connectivity index (χ3v) is 4.78. The second-order valence-electron chi connectivity index (χ2n) is 6.74. The summed E-state index contributed by atoms with van der Waals surface area (Å²) in [5.74, 6) is 1.74. The lowest BCUT2D eigenvalue weighted by atomic mass is 10.1. The Morgan fingerprint density at radius 3 is 2.62 bits per heavy atom. The minimum Gasteiger partial charge on any atom is -0.457 e. The molecule has 5 heteroatoms. The molecule has 0 spiro atoms. The number of rotatable bonds is 5. The van der Waals surface area contributed by atoms with Crippen LogP contribution in [0.25, 0.3) is 5.69 Å². The van der Waals surface area contributed by atoms with E-state index in [-0.39, 0.29) is 0 Å². The molecule has 0 aliphatic carbocycles. The van der Waals surface area contributed by atoms with Gasteiger partial charge in [0.1, 0.15) is 11.5 Å². The van der Waals surface area contributed by atoms with Crippen LogP contribution >= 0.6 is 0 Å². The van der Waals surface area contributed by atoms with Crippen LogP contribution in [-0.4, -0.2) is 52.8 Å². The third-order valence-electron chi connectivity index (χ3n) is 4.78. The zero-order valence-electron chi connectivity index (χ0n) is 15.1. The first-order valence-corrected chi connectivity index (χ1v) is 9.05. The van der Waals surface area contributed by atoms with Crippen molar-refractivity contribution in [3.63, 3.8) is 0 Å². The van der Waals surface area contributed by atoms with Crippen molar-refractivity contribution in [2.75, 3.05) is 33.2 Å². The zero-order valence-corrected chi connectivity index (χ0v) is 15.1. The lowest BCUT2D eigenvalue weighted by Gasteiger charge is -2.32. The molecule has 1 fully saturated rings. The highest BCUT2D eigenvalue weighted by Gasteiger charge is 2.16. The van der Waals surface area contributed by atoms with Gasteiger partial charge in [-0.05, 0) is 31.3 Å². The summed E-state index contributed by atoms with van der Waals surface area (Å²) in [6, 6.07) is 18.2. The first-order chi connectivity index (χ1) is 12.8. The third kappa shape index (κ3) is 3.95. The van der Waals surface area contributed by atoms with Gasteiger partial charge in [-0.25, -0.2) is 4.68 Å². The molecule has 0 atom stereocenters. The number of hydrogen-bond donors (Lipinski definition) is 0. The Morgan fingerprint density at radius 2 is 1.81 bits per heavy atom. The van der Waals surface area contributed by atoms with Gasteiger partial charge in [0.05, 0.1) is 5.69 Å². The van der Waals surface area contributed by atoms with E-state index in [0.717, 1.165) is 49.9 Å². The number of para-hydroxylation sites is 1. The van der Waals surface area contributed by atoms with E-state index < -0.39 is 0 Å². The standard InChI is InChI=1S/C21H24N4O/c1-23-12-14-24(15-13-23)17-18-6-2-3-9-21(18)26-20-8-4-7-19(16-20)25-11-5-10-22-25/h2-11,16H,12-15,17H2,1H3. The molecule has 1 aliphatic heterocycles. The highest BCUT2D eigenvalue weighted by atomic mass is 16.5. The van der Waals surface area contributed by atoms with Gasteiger partial charge in [-0.2, -0.15) is 5.10 Å². The van der Waals surface area contributed by atoms with Gasteiger partial charge >= 0.3 is 0 Å². The van der Waals surface area contributed by atoms with Crippen LogP contribution < -0.4 is 4.74 Å². The number of likely N-dealkylation sites (N-methyl/N-ethyl adjacent to an activating group) is 1. The van der Waals surface area contributed by atoms with Crippen molar-refractivity contribution in [3.05, 3.63) is 72.6 Å². The van der Waals surface area contributed by atoms with Gasteiger partial charge in [0, 0.05) is 56.7 Å². The number of nitrogens with zero attached hydrogens (tertiary/aromatic N) is 4. The van der Waals surface area contributed by atoms with Crippen molar-refractivity contribution >= 4 is 0 Å². The van der Waals surface area contributed by atoms with Crippen molar-refractivity contribution in [1.29, 1.82) is 0 Å². The maximum absolute atomic E-state index is 6.23. The summed E-state index contributed by atoms with van der Waals surface area (Å²) in [7, 11) is 2.18. The number of hydrogen-bond acceptors (Lipinski definition) is 4. The van der Waals surface area contributed by atoms with Crippen LogP contribution in [0.15, 0.2) is 67.0 Å². The molecule has 0 radical (unpaired) electrons. The maximum atomic E-state index is 6.23. The second-order valence-corrected chi connectivity index (χ2v) is 6.74. The van der Waals surface area contributed by atoms with E-state index in [9.17, 15) is 0 Å². The maximum Gasteiger partial charge on any atom is 0.131 e. The zero-order chi connectivity index (χ0) is 17.8. The smallest absolute Gasteiger partial charge is 0.131 e. The summed E-state index contributed by atoms with van der Waals surface area (Å²) in [6.45, 7) is 5.35. The van der Waals surface area contributed by atoms with Crippen LogP contribution in [0.1, 0.15) is 5.56 Å². The van der Waals surface area contributed by atoms with Gasteiger partial charge in [0.2, 0.25) is 0 Å². The normalized spacial score (nSPS) is 15.9. The minimum absolute atomic E-state index is 0.823. The predicted octanol–water partition coefficient (Wildman–Crippen LogP) is 3.41. The van der Waals surface area contributed by atoms with E-state index in [0.29, 0.717) is 0 Å². The van der Waals surface area contributed by atoms with Gasteiger partial charge in [-0.1, -0.05) is 24.3 Å². The van der Waals surface area contributed by atoms with Crippen LogP contribution in [0.4, 0.5) is 0 Å². The molecule has 3 aromatic rings. The largest absolute Gasteiger partial charge is 0.457 e. The Morgan fingerprint density at radius 1 is 0.962 bits per heavy atom. The van der Waals surface area contributed by atoms with E-state index in [4.69, 9.17) is 4.74 Å². The number of benzene rings is 2. The Labute approximate surface area is 154 Å². The lowest BCUT2D eigenvalue weighted by molar-refractivity contribution is 0.147. The van der Waals surface area contributed by atoms with E-state index >= 15 is 0 Å². The molecule has 4 rings (SSSR count). The predicted molar refractivity (Wildman–Crippen MR) is 103 cm³/mol. The van der Waals surface area contributed by atoms with Gasteiger partial charge in [0.15, 0.2) is 0 Å². The van der Waals surface area contributed by atoms with Crippen LogP contribution in [0, 0.1) is 0 Å². The number of aromatic nitrogens is 2. The van der Waals surface area contributed by atoms with Gasteiger partial charge < -0.3 is 9.64 Å². The van der Waals surface area contributed by atoms with Gasteiger partial charge in [-0.3, -0.25) is 4.90 Å². The molecule has 0 amide bonds. The lowest BCUT2D eigenvalue weighted by Crippen LogP contribution is -2.43. The van der Waals surface area contributed by atoms with Crippen LogP contribution in [0.2, 0.25) is 0 Å². The highest BCUT2D eigenvalue weighted by Crippen LogP contribution is 2.27. The number of piperazine rings is 1. The first-order valence-electron chi connectivity index (χ1n) is 9.05. The summed E-state index contributed by atoms with van der Waals surface area (Å²) in [4.78, 5) is 4.86. The van der Waals surface area contributed by atoms with Gasteiger partial charge in [-0.15, -0.1) is 0 Å². The molecule has 26 heavy (non-hydrogen) atoms. The molecule has 0 bridgehead atoms. The molecule has 0 N–H and O–H groups in total. The molecular formula is C21H24N4O. The second kappa shape index (κ2) is 7.72. The summed E-state index contributed by atoms with van der Waals surface area (Å²) >= 11 is 0. The van der Waals surface area contributed by atoms with Crippen molar-refractivity contribution < 1.29 is 4.74 Å². The number of ether oxygens (including phenoxy) is 1. The van der Waals surface area contributed by atoms with Crippen molar-refractivity contribution in [3.8, 4) is 17.2 Å². The molecule has 1 saturated heterocycles. The summed E-state index contributed by atoms with van der Waals surface area (Å²) < 4.78 is 8.07. The average molecular weight is 348 g/mol. The highest BCUT2D eigenvalue weighted by molar-refractivity contribution is 5.43. The molecule has 1 aromatic heterocycles. The first kappa shape index (κ1) is 16.8. The Hall–Kier alpha value is -2.63. The molecule has 0 unspecified atom stereocenters. The monoisotopic (exact) mass is 348 g/mol. The summed E-state index contributed by atoms with van der Waals surface area (Å²) in [5, 5.41) is 4.29. The Kier molecular flexibility index (Phi) is 5.00.